The molecule has 0 spiro atoms. The van der Waals surface area contributed by atoms with E-state index in [1.165, 1.54) is 0 Å². The van der Waals surface area contributed by atoms with Gasteiger partial charge >= 0.3 is 0 Å². The van der Waals surface area contributed by atoms with E-state index in [1.807, 2.05) is 11.8 Å². The lowest BCUT2D eigenvalue weighted by molar-refractivity contribution is -0.121. The highest BCUT2D eigenvalue weighted by molar-refractivity contribution is 7.99. The number of carbonyl (C=O) groups is 1. The highest BCUT2D eigenvalue weighted by Gasteiger charge is 2.10. The summed E-state index contributed by atoms with van der Waals surface area (Å²) < 4.78 is 11.0. The number of amides is 1. The minimum Gasteiger partial charge on any atom is -0.379 e. The van der Waals surface area contributed by atoms with Gasteiger partial charge in [0.25, 0.3) is 0 Å². The second-order valence-electron chi connectivity index (χ2n) is 8.60. The lowest BCUT2D eigenvalue weighted by Gasteiger charge is -2.17. The van der Waals surface area contributed by atoms with Crippen molar-refractivity contribution in [3.05, 3.63) is 0 Å². The van der Waals surface area contributed by atoms with Crippen LogP contribution in [-0.2, 0) is 14.3 Å². The summed E-state index contributed by atoms with van der Waals surface area (Å²) in [5, 5.41) is 2.90. The predicted molar refractivity (Wildman–Crippen MR) is 105 cm³/mol. The Balaban J connectivity index is 3.29. The molecule has 0 aliphatic rings. The fourth-order valence-corrected chi connectivity index (χ4v) is 2.87. The van der Waals surface area contributed by atoms with Crippen LogP contribution < -0.4 is 5.32 Å². The van der Waals surface area contributed by atoms with Crippen molar-refractivity contribution >= 4 is 17.7 Å². The fraction of sp³-hybridized carbons (Fsp3) is 0.947. The van der Waals surface area contributed by atoms with Crippen LogP contribution in [0, 0.1) is 10.8 Å². The van der Waals surface area contributed by atoms with Crippen molar-refractivity contribution in [2.24, 2.45) is 10.8 Å². The van der Waals surface area contributed by atoms with Crippen molar-refractivity contribution in [2.45, 2.75) is 60.8 Å². The number of thioether (sulfide) groups is 1. The van der Waals surface area contributed by atoms with Gasteiger partial charge in [0.15, 0.2) is 0 Å². The second-order valence-corrected chi connectivity index (χ2v) is 9.71. The normalized spacial score (nSPS) is 12.4. The molecule has 0 aromatic rings. The lowest BCUT2D eigenvalue weighted by Crippen LogP contribution is -2.27. The molecule has 0 fully saturated rings. The van der Waals surface area contributed by atoms with Gasteiger partial charge in [-0.15, -0.1) is 0 Å². The van der Waals surface area contributed by atoms with Gasteiger partial charge in [-0.25, -0.2) is 0 Å². The minimum absolute atomic E-state index is 0.122. The van der Waals surface area contributed by atoms with Gasteiger partial charge in [0, 0.05) is 19.6 Å². The largest absolute Gasteiger partial charge is 0.379 e. The van der Waals surface area contributed by atoms with E-state index >= 15 is 0 Å². The van der Waals surface area contributed by atoms with Crippen LogP contribution in [0.3, 0.4) is 0 Å². The standard InChI is InChI=1S/C19H39NO3S/c1-18(2,3)9-11-22-13-14-23-12-10-20-17(21)8-7-15-24-16-19(4,5)6/h7-16H2,1-6H3,(H,20,21). The number of carbonyl (C=O) groups excluding carboxylic acids is 1. The minimum atomic E-state index is 0.122. The molecule has 0 aliphatic heterocycles. The number of nitrogens with one attached hydrogen (secondary N) is 1. The fourth-order valence-electron chi connectivity index (χ4n) is 1.76. The molecule has 144 valence electrons. The summed E-state index contributed by atoms with van der Waals surface area (Å²) in [6, 6.07) is 0. The van der Waals surface area contributed by atoms with Crippen molar-refractivity contribution in [3.63, 3.8) is 0 Å². The molecule has 0 aromatic carbocycles. The first kappa shape index (κ1) is 23.7. The third kappa shape index (κ3) is 19.8. The van der Waals surface area contributed by atoms with Gasteiger partial charge in [0.1, 0.15) is 0 Å². The molecule has 0 rings (SSSR count). The molecule has 1 N–H and O–H groups in total. The van der Waals surface area contributed by atoms with Crippen molar-refractivity contribution in [1.82, 2.24) is 5.32 Å². The predicted octanol–water partition coefficient (Wildman–Crippen LogP) is 4.13. The molecule has 4 nitrogen and oxygen atoms in total. The van der Waals surface area contributed by atoms with Crippen LogP contribution >= 0.6 is 11.8 Å². The van der Waals surface area contributed by atoms with E-state index in [9.17, 15) is 4.79 Å². The molecule has 0 aliphatic carbocycles. The summed E-state index contributed by atoms with van der Waals surface area (Å²) in [5.41, 5.74) is 0.678. The SMILES string of the molecule is CC(C)(C)CCOCCOCCNC(=O)CCCSCC(C)(C)C. The highest BCUT2D eigenvalue weighted by Crippen LogP contribution is 2.21. The Morgan fingerprint density at radius 1 is 0.917 bits per heavy atom. The van der Waals surface area contributed by atoms with E-state index in [4.69, 9.17) is 9.47 Å². The van der Waals surface area contributed by atoms with E-state index in [1.54, 1.807) is 0 Å². The molecular formula is C19H39NO3S. The van der Waals surface area contributed by atoms with Gasteiger partial charge in [0.2, 0.25) is 5.91 Å². The molecule has 0 heterocycles. The first-order valence-electron chi connectivity index (χ1n) is 9.10. The summed E-state index contributed by atoms with van der Waals surface area (Å²) in [6.07, 6.45) is 2.60. The first-order chi connectivity index (χ1) is 11.1. The van der Waals surface area contributed by atoms with E-state index < -0.39 is 0 Å². The summed E-state index contributed by atoms with van der Waals surface area (Å²) in [7, 11) is 0. The topological polar surface area (TPSA) is 47.6 Å². The van der Waals surface area contributed by atoms with Crippen LogP contribution in [0.5, 0.6) is 0 Å². The molecule has 0 bridgehead atoms. The number of rotatable bonds is 13. The number of hydrogen-bond donors (Lipinski definition) is 1. The first-order valence-corrected chi connectivity index (χ1v) is 10.3. The summed E-state index contributed by atoms with van der Waals surface area (Å²) in [5.74, 6) is 2.31. The van der Waals surface area contributed by atoms with Crippen LogP contribution in [0.4, 0.5) is 0 Å². The maximum Gasteiger partial charge on any atom is 0.220 e. The van der Waals surface area contributed by atoms with Crippen molar-refractivity contribution in [3.8, 4) is 0 Å². The molecule has 0 radical (unpaired) electrons. The zero-order chi connectivity index (χ0) is 18.5. The van der Waals surface area contributed by atoms with Crippen LogP contribution in [0.15, 0.2) is 0 Å². The van der Waals surface area contributed by atoms with Gasteiger partial charge < -0.3 is 14.8 Å². The zero-order valence-electron chi connectivity index (χ0n) is 16.7. The van der Waals surface area contributed by atoms with Gasteiger partial charge in [-0.1, -0.05) is 41.5 Å². The van der Waals surface area contributed by atoms with E-state index in [0.717, 1.165) is 31.0 Å². The van der Waals surface area contributed by atoms with Crippen molar-refractivity contribution < 1.29 is 14.3 Å². The van der Waals surface area contributed by atoms with Crippen LogP contribution in [0.25, 0.3) is 0 Å². The molecule has 1 amide bonds. The average molecular weight is 362 g/mol. The monoisotopic (exact) mass is 361 g/mol. The van der Waals surface area contributed by atoms with Gasteiger partial charge in [0.05, 0.1) is 19.8 Å². The van der Waals surface area contributed by atoms with Crippen molar-refractivity contribution in [1.29, 1.82) is 0 Å². The highest BCUT2D eigenvalue weighted by atomic mass is 32.2. The van der Waals surface area contributed by atoms with Crippen LogP contribution in [-0.4, -0.2) is 50.4 Å². The Morgan fingerprint density at radius 2 is 1.54 bits per heavy atom. The van der Waals surface area contributed by atoms with Gasteiger partial charge in [-0.2, -0.15) is 11.8 Å². The lowest BCUT2D eigenvalue weighted by atomic mass is 9.93. The molecule has 5 heteroatoms. The summed E-state index contributed by atoms with van der Waals surface area (Å²) >= 11 is 1.93. The molecular weight excluding hydrogens is 322 g/mol. The second kappa shape index (κ2) is 13.0. The Bertz CT molecular complexity index is 322. The zero-order valence-corrected chi connectivity index (χ0v) is 17.5. The smallest absolute Gasteiger partial charge is 0.220 e. The van der Waals surface area contributed by atoms with E-state index in [2.05, 4.69) is 46.9 Å². The van der Waals surface area contributed by atoms with Gasteiger partial charge in [-0.05, 0) is 35.2 Å². The van der Waals surface area contributed by atoms with Crippen LogP contribution in [0.2, 0.25) is 0 Å². The van der Waals surface area contributed by atoms with Gasteiger partial charge in [-0.3, -0.25) is 4.79 Å². The van der Waals surface area contributed by atoms with Crippen molar-refractivity contribution in [2.75, 3.05) is 44.5 Å². The van der Waals surface area contributed by atoms with Crippen LogP contribution in [0.1, 0.15) is 60.8 Å². The Hall–Kier alpha value is -0.260. The van der Waals surface area contributed by atoms with E-state index in [-0.39, 0.29) is 5.91 Å². The molecule has 0 atom stereocenters. The quantitative estimate of drug-likeness (QED) is 0.501. The third-order valence-corrected chi connectivity index (χ3v) is 4.81. The molecule has 0 unspecified atom stereocenters. The summed E-state index contributed by atoms with van der Waals surface area (Å²) in [4.78, 5) is 11.7. The molecule has 0 aromatic heterocycles. The molecule has 0 saturated heterocycles. The Morgan fingerprint density at radius 3 is 2.12 bits per heavy atom. The third-order valence-electron chi connectivity index (χ3n) is 3.16. The number of ether oxygens (including phenoxy) is 2. The van der Waals surface area contributed by atoms with E-state index in [0.29, 0.717) is 43.6 Å². The molecule has 24 heavy (non-hydrogen) atoms. The molecule has 0 saturated carbocycles. The average Bonchev–Trinajstić information content (AvgIpc) is 2.42. The number of hydrogen-bond acceptors (Lipinski definition) is 4. The maximum atomic E-state index is 11.7. The maximum absolute atomic E-state index is 11.7. The Labute approximate surface area is 153 Å². The Kier molecular flexibility index (Phi) is 12.9. The summed E-state index contributed by atoms with van der Waals surface area (Å²) in [6.45, 7) is 16.4.